The number of imidazole rings is 1. The maximum absolute atomic E-state index is 14.5. The lowest BCUT2D eigenvalue weighted by Gasteiger charge is -2.34. The van der Waals surface area contributed by atoms with Gasteiger partial charge in [0.05, 0.1) is 19.0 Å². The van der Waals surface area contributed by atoms with Crippen LogP contribution in [0, 0.1) is 23.2 Å². The minimum Gasteiger partial charge on any atom is -0.480 e. The van der Waals surface area contributed by atoms with Crippen molar-refractivity contribution in [2.45, 2.75) is 58.1 Å². The van der Waals surface area contributed by atoms with Crippen LogP contribution in [0.15, 0.2) is 41.5 Å². The van der Waals surface area contributed by atoms with Crippen LogP contribution >= 0.6 is 7.75 Å². The zero-order valence-electron chi connectivity index (χ0n) is 23.4. The minimum atomic E-state index is -4.39. The number of nitrogens with two attached hydrogens (primary N) is 1. The number of fused-ring (bicyclic) bond motifs is 1. The number of nitrogens with zero attached hydrogens (tertiary/aromatic N) is 5. The molecule has 226 valence electrons. The van der Waals surface area contributed by atoms with E-state index < -0.39 is 56.3 Å². The molecular weight excluding hydrogens is 569 g/mol. The summed E-state index contributed by atoms with van der Waals surface area (Å²) in [6, 6.07) is 8.93. The molecule has 2 aromatic heterocycles. The number of carboxylic acid groups (broad SMARTS) is 1. The fraction of sp³-hybridized carbons (Fsp3) is 0.500. The number of carboxylic acids is 1. The summed E-state index contributed by atoms with van der Waals surface area (Å²) in [4.78, 5) is 34.8. The first kappa shape index (κ1) is 31.1. The molecule has 1 saturated heterocycles. The van der Waals surface area contributed by atoms with E-state index in [2.05, 4.69) is 15.0 Å². The van der Waals surface area contributed by atoms with E-state index in [4.69, 9.17) is 19.5 Å². The molecule has 5 N–H and O–H groups in total. The van der Waals surface area contributed by atoms with Crippen molar-refractivity contribution in [3.8, 4) is 11.8 Å². The van der Waals surface area contributed by atoms with Gasteiger partial charge in [0.25, 0.3) is 5.56 Å². The lowest BCUT2D eigenvalue weighted by Crippen LogP contribution is -2.41. The van der Waals surface area contributed by atoms with Gasteiger partial charge in [-0.3, -0.25) is 23.7 Å². The lowest BCUT2D eigenvalue weighted by molar-refractivity contribution is -0.141. The Kier molecular flexibility index (Phi) is 9.65. The summed E-state index contributed by atoms with van der Waals surface area (Å²) < 4.78 is 34.7. The molecule has 0 amide bonds. The van der Waals surface area contributed by atoms with Gasteiger partial charge in [-0.2, -0.15) is 14.9 Å². The Labute approximate surface area is 241 Å². The molecule has 1 fully saturated rings. The molecule has 0 spiro atoms. The molecule has 1 aliphatic heterocycles. The first-order chi connectivity index (χ1) is 20.0. The monoisotopic (exact) mass is 603 g/mol. The number of nitrogens with one attached hydrogen (secondary N) is 1. The summed E-state index contributed by atoms with van der Waals surface area (Å²) in [5.41, 5.74) is 5.09. The zero-order valence-corrected chi connectivity index (χ0v) is 24.3. The van der Waals surface area contributed by atoms with Crippen LogP contribution in [0.4, 0.5) is 5.95 Å². The van der Waals surface area contributed by atoms with Crippen molar-refractivity contribution >= 4 is 30.8 Å². The molecule has 2 unspecified atom stereocenters. The van der Waals surface area contributed by atoms with Gasteiger partial charge in [-0.1, -0.05) is 38.5 Å². The van der Waals surface area contributed by atoms with Crippen LogP contribution in [-0.4, -0.2) is 71.8 Å². The highest BCUT2D eigenvalue weighted by Gasteiger charge is 2.48. The zero-order chi connectivity index (χ0) is 30.6. The minimum absolute atomic E-state index is 0.0414. The smallest absolute Gasteiger partial charge is 0.462 e. The number of H-pyrrole nitrogens is 1. The Morgan fingerprint density at radius 3 is 2.71 bits per heavy atom. The van der Waals surface area contributed by atoms with E-state index in [0.29, 0.717) is 0 Å². The molecule has 3 aromatic rings. The van der Waals surface area contributed by atoms with Gasteiger partial charge in [0.2, 0.25) is 5.95 Å². The second kappa shape index (κ2) is 13.0. The molecule has 1 aliphatic rings. The number of aliphatic hydroxyl groups is 1. The van der Waals surface area contributed by atoms with E-state index in [1.54, 1.807) is 30.3 Å². The number of nitrogen functional groups attached to an aromatic ring is 1. The molecule has 0 radical (unpaired) electrons. The van der Waals surface area contributed by atoms with Crippen LogP contribution < -0.4 is 15.8 Å². The molecule has 16 heteroatoms. The Morgan fingerprint density at radius 1 is 1.36 bits per heavy atom. The number of ether oxygens (including phenoxy) is 1. The van der Waals surface area contributed by atoms with Crippen LogP contribution in [0.2, 0.25) is 0 Å². The van der Waals surface area contributed by atoms with Crippen LogP contribution in [0.3, 0.4) is 0 Å². The average Bonchev–Trinajstić information content (AvgIpc) is 3.51. The number of aromatic amines is 1. The number of aromatic nitrogens is 4. The number of benzene rings is 1. The SMILES string of the molecule is CCCC(C)CN(C(C)C(=O)O)[P@@](=O)(OC[C@H]1O[C@@H](n2cnc3c(=O)[nH]c(N)nc32)[C@H](C#N)[C@@H]1O)Oc1ccccc1. The summed E-state index contributed by atoms with van der Waals surface area (Å²) in [6.45, 7) is 4.85. The van der Waals surface area contributed by atoms with Gasteiger partial charge in [-0.25, -0.2) is 9.55 Å². The molecule has 15 nitrogen and oxygen atoms in total. The van der Waals surface area contributed by atoms with E-state index in [0.717, 1.165) is 12.8 Å². The van der Waals surface area contributed by atoms with Crippen LogP contribution in [0.5, 0.6) is 5.75 Å². The molecule has 4 rings (SSSR count). The van der Waals surface area contributed by atoms with Crippen molar-refractivity contribution < 1.29 is 33.4 Å². The maximum Gasteiger partial charge on any atom is 0.462 e. The number of nitriles is 1. The van der Waals surface area contributed by atoms with Gasteiger partial charge in [0.1, 0.15) is 29.9 Å². The van der Waals surface area contributed by atoms with Crippen LogP contribution in [0.25, 0.3) is 11.2 Å². The average molecular weight is 604 g/mol. The standard InChI is InChI=1S/C26H34N7O8P/c1-4-8-15(2)12-33(16(3)25(36)37)42(38,41-17-9-6-5-7-10-17)39-13-19-21(34)18(11-27)24(40-19)32-14-29-20-22(32)30-26(28)31-23(20)35/h5-7,9-10,14-16,18-19,21,24,34H,4,8,12-13H2,1-3H3,(H,36,37)(H3,28,30,31,35)/t15?,16?,18-,19-,21+,24-,42-/m1/s1. The molecule has 1 aromatic carbocycles. The van der Waals surface area contributed by atoms with Crippen molar-refractivity contribution in [3.05, 3.63) is 47.0 Å². The van der Waals surface area contributed by atoms with Crippen molar-refractivity contribution in [2.75, 3.05) is 18.9 Å². The van der Waals surface area contributed by atoms with E-state index in [1.165, 1.54) is 22.5 Å². The van der Waals surface area contributed by atoms with Crippen molar-refractivity contribution in [2.24, 2.45) is 11.8 Å². The molecule has 3 heterocycles. The Balaban J connectivity index is 1.65. The molecule has 0 aliphatic carbocycles. The van der Waals surface area contributed by atoms with Gasteiger partial charge in [-0.05, 0) is 31.4 Å². The molecule has 42 heavy (non-hydrogen) atoms. The fourth-order valence-electron chi connectivity index (χ4n) is 4.83. The normalized spacial score (nSPS) is 23.3. The van der Waals surface area contributed by atoms with Gasteiger partial charge < -0.3 is 25.2 Å². The molecule has 0 bridgehead atoms. The lowest BCUT2D eigenvalue weighted by atomic mass is 10.0. The van der Waals surface area contributed by atoms with E-state index >= 15 is 0 Å². The van der Waals surface area contributed by atoms with E-state index in [9.17, 15) is 29.6 Å². The number of hydrogen-bond acceptors (Lipinski definition) is 11. The van der Waals surface area contributed by atoms with Crippen molar-refractivity contribution in [3.63, 3.8) is 0 Å². The quantitative estimate of drug-likeness (QED) is 0.207. The summed E-state index contributed by atoms with van der Waals surface area (Å²) >= 11 is 0. The third kappa shape index (κ3) is 6.48. The Bertz CT molecular complexity index is 1540. The van der Waals surface area contributed by atoms with Gasteiger partial charge in [-0.15, -0.1) is 0 Å². The van der Waals surface area contributed by atoms with Crippen LogP contribution in [-0.2, 0) is 18.6 Å². The fourth-order valence-corrected chi connectivity index (χ4v) is 6.86. The summed E-state index contributed by atoms with van der Waals surface area (Å²) in [6.07, 6.45) is -0.956. The second-order valence-corrected chi connectivity index (χ2v) is 12.1. The predicted molar refractivity (Wildman–Crippen MR) is 150 cm³/mol. The number of para-hydroxylation sites is 1. The Hall–Kier alpha value is -3.80. The van der Waals surface area contributed by atoms with Crippen molar-refractivity contribution in [1.29, 1.82) is 5.26 Å². The summed E-state index contributed by atoms with van der Waals surface area (Å²) in [5.74, 6) is -2.43. The third-order valence-corrected chi connectivity index (χ3v) is 9.07. The molecule has 0 saturated carbocycles. The van der Waals surface area contributed by atoms with Crippen molar-refractivity contribution in [1.82, 2.24) is 24.2 Å². The highest BCUT2D eigenvalue weighted by Crippen LogP contribution is 2.54. The number of rotatable bonds is 13. The summed E-state index contributed by atoms with van der Waals surface area (Å²) in [7, 11) is -4.39. The van der Waals surface area contributed by atoms with E-state index in [1.807, 2.05) is 19.9 Å². The van der Waals surface area contributed by atoms with Gasteiger partial charge in [0, 0.05) is 6.54 Å². The highest BCUT2D eigenvalue weighted by molar-refractivity contribution is 7.51. The number of anilines is 1. The topological polar surface area (TPSA) is 219 Å². The first-order valence-corrected chi connectivity index (χ1v) is 14.9. The second-order valence-electron chi connectivity index (χ2n) is 10.2. The Morgan fingerprint density at radius 2 is 2.07 bits per heavy atom. The largest absolute Gasteiger partial charge is 0.480 e. The van der Waals surface area contributed by atoms with E-state index in [-0.39, 0.29) is 35.3 Å². The maximum atomic E-state index is 14.5. The van der Waals surface area contributed by atoms with Crippen LogP contribution in [0.1, 0.15) is 39.8 Å². The van der Waals surface area contributed by atoms with Gasteiger partial charge >= 0.3 is 13.7 Å². The molecular formula is C26H34N7O8P. The number of carbonyl (C=O) groups is 1. The van der Waals surface area contributed by atoms with Gasteiger partial charge in [0.15, 0.2) is 17.4 Å². The molecule has 7 atom stereocenters. The predicted octanol–water partition coefficient (Wildman–Crippen LogP) is 2.51. The number of hydrogen-bond donors (Lipinski definition) is 4. The number of aliphatic carboxylic acids is 1. The number of aliphatic hydroxyl groups excluding tert-OH is 1. The first-order valence-electron chi connectivity index (χ1n) is 13.4. The summed E-state index contributed by atoms with van der Waals surface area (Å²) in [5, 5.41) is 30.7. The third-order valence-electron chi connectivity index (χ3n) is 7.01. The highest BCUT2D eigenvalue weighted by atomic mass is 31.2.